The predicted molar refractivity (Wildman–Crippen MR) is 79.3 cm³/mol. The van der Waals surface area contributed by atoms with Gasteiger partial charge in [0.2, 0.25) is 11.8 Å². The van der Waals surface area contributed by atoms with Crippen molar-refractivity contribution < 1.29 is 9.52 Å². The van der Waals surface area contributed by atoms with Gasteiger partial charge in [-0.15, -0.1) is 10.2 Å². The molecule has 1 aromatic carbocycles. The molecule has 1 aliphatic rings. The van der Waals surface area contributed by atoms with Gasteiger partial charge in [-0.05, 0) is 24.3 Å². The summed E-state index contributed by atoms with van der Waals surface area (Å²) in [5.74, 6) is 1.71. The molecule has 0 aliphatic carbocycles. The van der Waals surface area contributed by atoms with E-state index < -0.39 is 0 Å². The topological polar surface area (TPSA) is 65.6 Å². The Bertz CT molecular complexity index is 574. The van der Waals surface area contributed by atoms with Crippen LogP contribution < -0.4 is 4.90 Å². The number of hydrogen-bond donors (Lipinski definition) is 1. The molecule has 6 nitrogen and oxygen atoms in total. The number of phenolic OH excluding ortho intramolecular Hbond substituents is 1. The molecule has 0 spiro atoms. The summed E-state index contributed by atoms with van der Waals surface area (Å²) in [7, 11) is 0. The molecule has 1 aromatic heterocycles. The molecule has 6 heteroatoms. The summed E-state index contributed by atoms with van der Waals surface area (Å²) < 4.78 is 5.55. The average molecular weight is 288 g/mol. The summed E-state index contributed by atoms with van der Waals surface area (Å²) in [6, 6.07) is 7.37. The largest absolute Gasteiger partial charge is 0.508 e. The molecule has 1 saturated heterocycles. The van der Waals surface area contributed by atoms with Gasteiger partial charge >= 0.3 is 0 Å². The van der Waals surface area contributed by atoms with Gasteiger partial charge in [-0.1, -0.05) is 6.92 Å². The maximum atomic E-state index is 9.33. The summed E-state index contributed by atoms with van der Waals surface area (Å²) in [4.78, 5) is 4.64. The second-order valence-corrected chi connectivity index (χ2v) is 5.22. The van der Waals surface area contributed by atoms with Crippen LogP contribution in [-0.4, -0.2) is 46.4 Å². The molecule has 0 unspecified atom stereocenters. The number of anilines is 1. The van der Waals surface area contributed by atoms with Crippen molar-refractivity contribution in [2.24, 2.45) is 0 Å². The number of aromatic hydroxyl groups is 1. The number of benzene rings is 1. The van der Waals surface area contributed by atoms with E-state index in [2.05, 4.69) is 20.0 Å². The van der Waals surface area contributed by atoms with Crippen molar-refractivity contribution in [1.29, 1.82) is 0 Å². The first-order valence-corrected chi connectivity index (χ1v) is 7.32. The van der Waals surface area contributed by atoms with Crippen molar-refractivity contribution in [3.63, 3.8) is 0 Å². The van der Waals surface area contributed by atoms with E-state index in [0.29, 0.717) is 17.5 Å². The summed E-state index contributed by atoms with van der Waals surface area (Å²) >= 11 is 0. The van der Waals surface area contributed by atoms with Gasteiger partial charge in [-0.25, -0.2) is 0 Å². The van der Waals surface area contributed by atoms with E-state index in [1.165, 1.54) is 0 Å². The Hall–Kier alpha value is -2.08. The normalized spacial score (nSPS) is 16.3. The van der Waals surface area contributed by atoms with E-state index in [1.54, 1.807) is 12.1 Å². The maximum absolute atomic E-state index is 9.33. The van der Waals surface area contributed by atoms with Crippen LogP contribution in [0.3, 0.4) is 0 Å². The van der Waals surface area contributed by atoms with Gasteiger partial charge in [0.05, 0.1) is 6.54 Å². The van der Waals surface area contributed by atoms with Gasteiger partial charge in [-0.3, -0.25) is 4.90 Å². The zero-order valence-corrected chi connectivity index (χ0v) is 12.2. The first-order valence-electron chi connectivity index (χ1n) is 7.32. The SMILES string of the molecule is CCc1nnc(CN2CCN(c3ccc(O)cc3)CC2)o1. The molecule has 0 atom stereocenters. The van der Waals surface area contributed by atoms with Crippen LogP contribution in [0.5, 0.6) is 5.75 Å². The Morgan fingerprint density at radius 2 is 1.71 bits per heavy atom. The number of hydrogen-bond acceptors (Lipinski definition) is 6. The Balaban J connectivity index is 1.54. The van der Waals surface area contributed by atoms with Crippen molar-refractivity contribution in [3.05, 3.63) is 36.0 Å². The third kappa shape index (κ3) is 3.33. The smallest absolute Gasteiger partial charge is 0.230 e. The summed E-state index contributed by atoms with van der Waals surface area (Å²) in [5.41, 5.74) is 1.15. The fourth-order valence-electron chi connectivity index (χ4n) is 2.51. The number of rotatable bonds is 4. The van der Waals surface area contributed by atoms with Crippen molar-refractivity contribution >= 4 is 5.69 Å². The molecule has 3 rings (SSSR count). The monoisotopic (exact) mass is 288 g/mol. The van der Waals surface area contributed by atoms with E-state index >= 15 is 0 Å². The van der Waals surface area contributed by atoms with Crippen LogP contribution in [0.4, 0.5) is 5.69 Å². The van der Waals surface area contributed by atoms with Crippen LogP contribution >= 0.6 is 0 Å². The molecule has 1 aliphatic heterocycles. The molecule has 0 radical (unpaired) electrons. The zero-order chi connectivity index (χ0) is 14.7. The number of nitrogens with zero attached hydrogens (tertiary/aromatic N) is 4. The van der Waals surface area contributed by atoms with Gasteiger partial charge in [0.15, 0.2) is 0 Å². The van der Waals surface area contributed by atoms with Crippen LogP contribution in [0.25, 0.3) is 0 Å². The Labute approximate surface area is 124 Å². The second-order valence-electron chi connectivity index (χ2n) is 5.22. The Morgan fingerprint density at radius 3 is 2.33 bits per heavy atom. The summed E-state index contributed by atoms with van der Waals surface area (Å²) in [6.45, 7) is 6.57. The molecule has 21 heavy (non-hydrogen) atoms. The number of phenols is 1. The van der Waals surface area contributed by atoms with Gasteiger partial charge in [-0.2, -0.15) is 0 Å². The van der Waals surface area contributed by atoms with Crippen LogP contribution in [0.2, 0.25) is 0 Å². The van der Waals surface area contributed by atoms with E-state index in [4.69, 9.17) is 4.42 Å². The van der Waals surface area contributed by atoms with Gasteiger partial charge in [0.1, 0.15) is 5.75 Å². The van der Waals surface area contributed by atoms with Crippen LogP contribution in [0, 0.1) is 0 Å². The maximum Gasteiger partial charge on any atom is 0.230 e. The van der Waals surface area contributed by atoms with E-state index in [1.807, 2.05) is 19.1 Å². The second kappa shape index (κ2) is 6.13. The first-order chi connectivity index (χ1) is 10.2. The van der Waals surface area contributed by atoms with Gasteiger partial charge < -0.3 is 14.4 Å². The molecule has 0 bridgehead atoms. The third-order valence-corrected chi connectivity index (χ3v) is 3.76. The summed E-state index contributed by atoms with van der Waals surface area (Å²) in [6.07, 6.45) is 0.779. The molecule has 0 saturated carbocycles. The predicted octanol–water partition coefficient (Wildman–Crippen LogP) is 1.66. The fraction of sp³-hybridized carbons (Fsp3) is 0.467. The minimum Gasteiger partial charge on any atom is -0.508 e. The van der Waals surface area contributed by atoms with Crippen LogP contribution in [0.15, 0.2) is 28.7 Å². The zero-order valence-electron chi connectivity index (χ0n) is 12.2. The number of aryl methyl sites for hydroxylation is 1. The molecule has 112 valence electrons. The minimum atomic E-state index is 0.306. The lowest BCUT2D eigenvalue weighted by molar-refractivity contribution is 0.224. The number of piperazine rings is 1. The van der Waals surface area contributed by atoms with Crippen molar-refractivity contribution in [1.82, 2.24) is 15.1 Å². The highest BCUT2D eigenvalue weighted by atomic mass is 16.4. The molecule has 0 amide bonds. The quantitative estimate of drug-likeness (QED) is 0.923. The molecule has 1 fully saturated rings. The molecule has 2 aromatic rings. The van der Waals surface area contributed by atoms with E-state index in [9.17, 15) is 5.11 Å². The highest BCUT2D eigenvalue weighted by molar-refractivity contribution is 5.49. The minimum absolute atomic E-state index is 0.306. The highest BCUT2D eigenvalue weighted by Gasteiger charge is 2.19. The Kier molecular flexibility index (Phi) is 4.06. The molecular formula is C15H20N4O2. The Morgan fingerprint density at radius 1 is 1.05 bits per heavy atom. The summed E-state index contributed by atoms with van der Waals surface area (Å²) in [5, 5.41) is 17.4. The lowest BCUT2D eigenvalue weighted by Crippen LogP contribution is -2.46. The highest BCUT2D eigenvalue weighted by Crippen LogP contribution is 2.20. The fourth-order valence-corrected chi connectivity index (χ4v) is 2.51. The van der Waals surface area contributed by atoms with E-state index in [-0.39, 0.29) is 0 Å². The standard InChI is InChI=1S/C15H20N4O2/c1-2-14-16-17-15(21-14)11-18-7-9-19(10-8-18)12-3-5-13(20)6-4-12/h3-6,20H,2,7-11H2,1H3. The van der Waals surface area contributed by atoms with Crippen molar-refractivity contribution in [3.8, 4) is 5.75 Å². The van der Waals surface area contributed by atoms with Crippen LogP contribution in [-0.2, 0) is 13.0 Å². The lowest BCUT2D eigenvalue weighted by Gasteiger charge is -2.35. The molecular weight excluding hydrogens is 268 g/mol. The average Bonchev–Trinajstić information content (AvgIpc) is 2.97. The van der Waals surface area contributed by atoms with Crippen LogP contribution in [0.1, 0.15) is 18.7 Å². The molecule has 1 N–H and O–H groups in total. The lowest BCUT2D eigenvalue weighted by atomic mass is 10.2. The number of aromatic nitrogens is 2. The third-order valence-electron chi connectivity index (χ3n) is 3.76. The molecule has 2 heterocycles. The van der Waals surface area contributed by atoms with Crippen molar-refractivity contribution in [2.45, 2.75) is 19.9 Å². The van der Waals surface area contributed by atoms with E-state index in [0.717, 1.165) is 44.8 Å². The van der Waals surface area contributed by atoms with Crippen molar-refractivity contribution in [2.75, 3.05) is 31.1 Å². The van der Waals surface area contributed by atoms with Gasteiger partial charge in [0.25, 0.3) is 0 Å². The van der Waals surface area contributed by atoms with Gasteiger partial charge in [0, 0.05) is 38.3 Å². The first kappa shape index (κ1) is 13.9.